The molecule has 6 nitrogen and oxygen atoms in total. The number of ether oxygens (including phenoxy) is 1. The molecule has 0 amide bonds. The van der Waals surface area contributed by atoms with Gasteiger partial charge in [0.05, 0.1) is 22.1 Å². The summed E-state index contributed by atoms with van der Waals surface area (Å²) in [6.07, 6.45) is 1.56. The Bertz CT molecular complexity index is 2210. The van der Waals surface area contributed by atoms with Crippen LogP contribution in [0.2, 0.25) is 10.0 Å². The molecule has 0 unspecified atom stereocenters. The Morgan fingerprint density at radius 1 is 0.833 bits per heavy atom. The average molecular weight is 590 g/mol. The quantitative estimate of drug-likeness (QED) is 0.182. The van der Waals surface area contributed by atoms with E-state index < -0.39 is 0 Å². The Labute approximate surface area is 250 Å². The van der Waals surface area contributed by atoms with Crippen molar-refractivity contribution in [3.05, 3.63) is 141 Å². The third-order valence-corrected chi connectivity index (χ3v) is 7.52. The lowest BCUT2D eigenvalue weighted by atomic mass is 10.1. The van der Waals surface area contributed by atoms with Crippen LogP contribution in [0.15, 0.2) is 124 Å². The Morgan fingerprint density at radius 2 is 1.64 bits per heavy atom. The average Bonchev–Trinajstić information content (AvgIpc) is 3.43. The molecule has 0 saturated carbocycles. The van der Waals surface area contributed by atoms with Crippen molar-refractivity contribution < 1.29 is 9.15 Å². The van der Waals surface area contributed by atoms with Gasteiger partial charge in [-0.2, -0.15) is 9.78 Å². The van der Waals surface area contributed by atoms with Crippen molar-refractivity contribution in [2.75, 3.05) is 0 Å². The second-order valence-electron chi connectivity index (χ2n) is 9.72. The Balaban J connectivity index is 1.22. The van der Waals surface area contributed by atoms with Crippen LogP contribution in [-0.2, 0) is 6.61 Å². The monoisotopic (exact) mass is 589 g/mol. The molecule has 0 saturated heterocycles. The summed E-state index contributed by atoms with van der Waals surface area (Å²) in [6.45, 7) is 0.374. The molecule has 0 atom stereocenters. The van der Waals surface area contributed by atoms with Gasteiger partial charge in [0.1, 0.15) is 17.9 Å². The summed E-state index contributed by atoms with van der Waals surface area (Å²) in [5, 5.41) is 9.05. The van der Waals surface area contributed by atoms with E-state index in [1.165, 1.54) is 4.68 Å². The van der Waals surface area contributed by atoms with E-state index in [0.717, 1.165) is 21.7 Å². The highest BCUT2D eigenvalue weighted by Gasteiger charge is 2.17. The molecular weight excluding hydrogens is 569 g/mol. The largest absolute Gasteiger partial charge is 0.487 e. The summed E-state index contributed by atoms with van der Waals surface area (Å²) in [4.78, 5) is 18.3. The van der Waals surface area contributed by atoms with E-state index in [1.807, 2.05) is 36.4 Å². The highest BCUT2D eigenvalue weighted by molar-refractivity contribution is 6.32. The molecule has 5 aromatic carbocycles. The highest BCUT2D eigenvalue weighted by atomic mass is 35.5. The van der Waals surface area contributed by atoms with Gasteiger partial charge >= 0.3 is 0 Å². The molecule has 0 radical (unpaired) electrons. The summed E-state index contributed by atoms with van der Waals surface area (Å²) in [5.41, 5.74) is 2.58. The van der Waals surface area contributed by atoms with E-state index in [2.05, 4.69) is 23.3 Å². The molecule has 42 heavy (non-hydrogen) atoms. The fraction of sp³-hybridized carbons (Fsp3) is 0.0294. The first-order valence-corrected chi connectivity index (χ1v) is 13.9. The highest BCUT2D eigenvalue weighted by Crippen LogP contribution is 2.30. The van der Waals surface area contributed by atoms with Crippen LogP contribution in [0.4, 0.5) is 0 Å². The maximum absolute atomic E-state index is 13.5. The van der Waals surface area contributed by atoms with Crippen molar-refractivity contribution in [2.24, 2.45) is 5.10 Å². The summed E-state index contributed by atoms with van der Waals surface area (Å²) >= 11 is 12.8. The number of hydrogen-bond donors (Lipinski definition) is 0. The van der Waals surface area contributed by atoms with E-state index in [0.29, 0.717) is 50.2 Å². The van der Waals surface area contributed by atoms with Gasteiger partial charge in [-0.15, -0.1) is 0 Å². The van der Waals surface area contributed by atoms with Gasteiger partial charge in [-0.25, -0.2) is 4.98 Å². The lowest BCUT2D eigenvalue weighted by Gasteiger charge is -2.11. The maximum atomic E-state index is 13.5. The van der Waals surface area contributed by atoms with E-state index >= 15 is 0 Å². The van der Waals surface area contributed by atoms with Gasteiger partial charge in [-0.1, -0.05) is 77.8 Å². The molecule has 0 bridgehead atoms. The fourth-order valence-electron chi connectivity index (χ4n) is 4.93. The second-order valence-corrected chi connectivity index (χ2v) is 10.6. The summed E-state index contributed by atoms with van der Waals surface area (Å²) in [5.74, 6) is 1.21. The minimum absolute atomic E-state index is 0.267. The summed E-state index contributed by atoms with van der Waals surface area (Å²) in [6, 6.07) is 33.9. The molecule has 0 spiro atoms. The lowest BCUT2D eigenvalue weighted by molar-refractivity contribution is 0.308. The molecule has 0 fully saturated rings. The molecule has 2 heterocycles. The Hall–Kier alpha value is -4.91. The van der Waals surface area contributed by atoms with Crippen molar-refractivity contribution in [3.63, 3.8) is 0 Å². The predicted octanol–water partition coefficient (Wildman–Crippen LogP) is 8.73. The Morgan fingerprint density at radius 3 is 2.52 bits per heavy atom. The molecule has 8 heteroatoms. The van der Waals surface area contributed by atoms with Crippen LogP contribution >= 0.6 is 23.2 Å². The van der Waals surface area contributed by atoms with Gasteiger partial charge in [0.15, 0.2) is 5.76 Å². The topological polar surface area (TPSA) is 69.6 Å². The zero-order chi connectivity index (χ0) is 28.6. The van der Waals surface area contributed by atoms with Gasteiger partial charge in [-0.05, 0) is 76.5 Å². The number of nitrogens with zero attached hydrogens (tertiary/aromatic N) is 3. The molecular formula is C34H21Cl2N3O3. The number of aromatic nitrogens is 2. The van der Waals surface area contributed by atoms with Gasteiger partial charge in [0.2, 0.25) is 5.82 Å². The minimum Gasteiger partial charge on any atom is -0.487 e. The molecule has 2 aromatic heterocycles. The fourth-order valence-corrected chi connectivity index (χ4v) is 5.35. The van der Waals surface area contributed by atoms with Crippen LogP contribution in [0, 0.1) is 0 Å². The molecule has 0 aliphatic rings. The summed E-state index contributed by atoms with van der Waals surface area (Å²) < 4.78 is 13.3. The first-order valence-electron chi connectivity index (χ1n) is 13.2. The van der Waals surface area contributed by atoms with Crippen molar-refractivity contribution in [1.29, 1.82) is 0 Å². The second kappa shape index (κ2) is 10.8. The van der Waals surface area contributed by atoms with Gasteiger partial charge < -0.3 is 9.15 Å². The third-order valence-electron chi connectivity index (χ3n) is 6.99. The van der Waals surface area contributed by atoms with Gasteiger partial charge in [-0.3, -0.25) is 4.79 Å². The first kappa shape index (κ1) is 26.0. The number of fused-ring (bicyclic) bond motifs is 3. The number of hydrogen-bond acceptors (Lipinski definition) is 5. The molecule has 7 rings (SSSR count). The molecule has 204 valence electrons. The Kier molecular flexibility index (Phi) is 6.70. The van der Waals surface area contributed by atoms with Crippen LogP contribution in [0.25, 0.3) is 44.2 Å². The normalized spacial score (nSPS) is 11.7. The van der Waals surface area contributed by atoms with E-state index in [9.17, 15) is 4.79 Å². The van der Waals surface area contributed by atoms with Crippen LogP contribution in [-0.4, -0.2) is 15.9 Å². The standard InChI is InChI=1S/C34H21Cl2N3O3/c35-25-13-15-30-24(17-25)18-32(42-30)33-38-29-11-4-3-10-27(29)34(40)39(33)37-19-21-12-14-31(28(36)16-21)41-20-23-8-5-7-22-6-1-2-9-26(22)23/h1-19H,20H2. The van der Waals surface area contributed by atoms with Gasteiger partial charge in [0.25, 0.3) is 5.56 Å². The smallest absolute Gasteiger partial charge is 0.282 e. The number of para-hydroxylation sites is 1. The molecule has 7 aromatic rings. The number of halogens is 2. The maximum Gasteiger partial charge on any atom is 0.282 e. The first-order chi connectivity index (χ1) is 20.5. The molecule has 0 aliphatic heterocycles. The van der Waals surface area contributed by atoms with Crippen LogP contribution in [0.3, 0.4) is 0 Å². The lowest BCUT2D eigenvalue weighted by Crippen LogP contribution is -2.20. The predicted molar refractivity (Wildman–Crippen MR) is 169 cm³/mol. The van der Waals surface area contributed by atoms with Crippen molar-refractivity contribution in [1.82, 2.24) is 9.66 Å². The SMILES string of the molecule is O=c1c2ccccc2nc(-c2cc3cc(Cl)ccc3o2)n1N=Cc1ccc(OCc2cccc3ccccc23)c(Cl)c1. The van der Waals surface area contributed by atoms with Crippen LogP contribution in [0.1, 0.15) is 11.1 Å². The van der Waals surface area contributed by atoms with E-state index in [-0.39, 0.29) is 11.4 Å². The van der Waals surface area contributed by atoms with Gasteiger partial charge in [0, 0.05) is 10.4 Å². The van der Waals surface area contributed by atoms with Crippen LogP contribution in [0.5, 0.6) is 5.75 Å². The third kappa shape index (κ3) is 4.91. The molecule has 0 aliphatic carbocycles. The van der Waals surface area contributed by atoms with E-state index in [1.54, 1.807) is 60.8 Å². The number of furan rings is 1. The molecule has 0 N–H and O–H groups in total. The summed E-state index contributed by atoms with van der Waals surface area (Å²) in [7, 11) is 0. The number of benzene rings is 5. The van der Waals surface area contributed by atoms with Crippen molar-refractivity contribution in [3.8, 4) is 17.3 Å². The van der Waals surface area contributed by atoms with E-state index in [4.69, 9.17) is 37.3 Å². The minimum atomic E-state index is -0.327. The zero-order valence-electron chi connectivity index (χ0n) is 22.0. The van der Waals surface area contributed by atoms with Crippen molar-refractivity contribution in [2.45, 2.75) is 6.61 Å². The zero-order valence-corrected chi connectivity index (χ0v) is 23.5. The number of rotatable bonds is 6. The van der Waals surface area contributed by atoms with Crippen LogP contribution < -0.4 is 10.3 Å². The van der Waals surface area contributed by atoms with Crippen molar-refractivity contribution >= 4 is 62.1 Å².